The van der Waals surface area contributed by atoms with Gasteiger partial charge in [-0.05, 0) is 31.4 Å². The third kappa shape index (κ3) is 4.61. The van der Waals surface area contributed by atoms with Crippen LogP contribution in [0.4, 0.5) is 10.5 Å². The Balaban J connectivity index is 1.56. The maximum Gasteiger partial charge on any atom is 0.410 e. The Morgan fingerprint density at radius 3 is 2.79 bits per heavy atom. The van der Waals surface area contributed by atoms with E-state index in [1.54, 1.807) is 4.90 Å². The second-order valence-electron chi connectivity index (χ2n) is 6.82. The second kappa shape index (κ2) is 9.31. The number of carbonyl (C=O) groups excluding carboxylic acids is 4. The number of rotatable bonds is 10. The van der Waals surface area contributed by atoms with Crippen molar-refractivity contribution < 1.29 is 28.3 Å². The number of unbranched alkanes of at least 4 members (excludes halogenated alkanes) is 1. The number of cyclic esters (lactones) is 1. The number of nitrogens with one attached hydrogen (secondary N) is 1. The fourth-order valence-electron chi connectivity index (χ4n) is 3.46. The van der Waals surface area contributed by atoms with Gasteiger partial charge in [0.05, 0.1) is 6.54 Å². The molecule has 0 spiro atoms. The number of hydrogen-bond acceptors (Lipinski definition) is 7. The average Bonchev–Trinajstić information content (AvgIpc) is 3.31. The first-order valence-corrected chi connectivity index (χ1v) is 9.64. The molecule has 1 atom stereocenters. The highest BCUT2D eigenvalue weighted by Crippen LogP contribution is 2.29. The molecule has 0 saturated carbocycles. The first kappa shape index (κ1) is 20.5. The van der Waals surface area contributed by atoms with E-state index in [0.717, 1.165) is 19.3 Å². The van der Waals surface area contributed by atoms with Crippen LogP contribution < -0.4 is 5.32 Å². The molecule has 9 nitrogen and oxygen atoms in total. The van der Waals surface area contributed by atoms with Gasteiger partial charge in [-0.1, -0.05) is 13.3 Å². The molecule has 1 aliphatic heterocycles. The molecule has 0 bridgehead atoms. The zero-order valence-corrected chi connectivity index (χ0v) is 16.2. The number of hydrogen-bond donors (Lipinski definition) is 1. The summed E-state index contributed by atoms with van der Waals surface area (Å²) in [6.45, 7) is 3.06. The standard InChI is InChI=1S/C20H23N3O6/c1-2-14(23-9-10-28-20(23)27)5-3-4-6-17(26)22-19-16(12-25)29-15-8-7-13(11-24)21-18(15)19/h7-8,11-12,14H,2-6,9-10H2,1H3,(H,22,26). The van der Waals surface area contributed by atoms with Gasteiger partial charge in [-0.15, -0.1) is 0 Å². The van der Waals surface area contributed by atoms with Crippen LogP contribution >= 0.6 is 0 Å². The monoisotopic (exact) mass is 401 g/mol. The average molecular weight is 401 g/mol. The number of furan rings is 1. The molecule has 2 amide bonds. The number of pyridine rings is 1. The second-order valence-corrected chi connectivity index (χ2v) is 6.82. The molecule has 1 aliphatic rings. The van der Waals surface area contributed by atoms with Crippen LogP contribution in [0, 0.1) is 0 Å². The van der Waals surface area contributed by atoms with E-state index in [1.165, 1.54) is 12.1 Å². The zero-order chi connectivity index (χ0) is 20.8. The Morgan fingerprint density at radius 1 is 1.31 bits per heavy atom. The number of carbonyl (C=O) groups is 4. The largest absolute Gasteiger partial charge is 0.449 e. The molecule has 2 aromatic heterocycles. The summed E-state index contributed by atoms with van der Waals surface area (Å²) in [6.07, 6.45) is 4.08. The maximum atomic E-state index is 12.3. The van der Waals surface area contributed by atoms with Crippen LogP contribution in [0.2, 0.25) is 0 Å². The van der Waals surface area contributed by atoms with Crippen LogP contribution in [0.3, 0.4) is 0 Å². The van der Waals surface area contributed by atoms with Crippen LogP contribution in [0.5, 0.6) is 0 Å². The number of aromatic nitrogens is 1. The van der Waals surface area contributed by atoms with Gasteiger partial charge >= 0.3 is 6.09 Å². The van der Waals surface area contributed by atoms with Crippen LogP contribution in [-0.2, 0) is 9.53 Å². The molecule has 154 valence electrons. The number of fused-ring (bicyclic) bond motifs is 1. The maximum absolute atomic E-state index is 12.3. The molecule has 1 fully saturated rings. The topological polar surface area (TPSA) is 119 Å². The molecule has 29 heavy (non-hydrogen) atoms. The summed E-state index contributed by atoms with van der Waals surface area (Å²) >= 11 is 0. The lowest BCUT2D eigenvalue weighted by molar-refractivity contribution is -0.116. The molecule has 0 aromatic carbocycles. The van der Waals surface area contributed by atoms with Gasteiger partial charge in [-0.2, -0.15) is 0 Å². The summed E-state index contributed by atoms with van der Waals surface area (Å²) < 4.78 is 10.4. The first-order chi connectivity index (χ1) is 14.1. The van der Waals surface area contributed by atoms with E-state index in [1.807, 2.05) is 6.92 Å². The molecule has 1 saturated heterocycles. The molecule has 1 N–H and O–H groups in total. The third-order valence-corrected chi connectivity index (χ3v) is 4.97. The highest BCUT2D eigenvalue weighted by atomic mass is 16.6. The van der Waals surface area contributed by atoms with Crippen LogP contribution in [0.15, 0.2) is 16.5 Å². The van der Waals surface area contributed by atoms with Gasteiger partial charge in [-0.3, -0.25) is 14.4 Å². The van der Waals surface area contributed by atoms with E-state index in [2.05, 4.69) is 10.3 Å². The summed E-state index contributed by atoms with van der Waals surface area (Å²) in [6, 6.07) is 3.11. The van der Waals surface area contributed by atoms with E-state index in [-0.39, 0.29) is 47.1 Å². The van der Waals surface area contributed by atoms with Crippen LogP contribution in [-0.4, -0.2) is 53.7 Å². The number of anilines is 1. The van der Waals surface area contributed by atoms with E-state index in [9.17, 15) is 19.2 Å². The SMILES string of the molecule is CCC(CCCCC(=O)Nc1c(C=O)oc2ccc(C=O)nc12)N1CCOC1=O. The van der Waals surface area contributed by atoms with Gasteiger partial charge in [-0.25, -0.2) is 9.78 Å². The predicted octanol–water partition coefficient (Wildman–Crippen LogP) is 3.18. The summed E-state index contributed by atoms with van der Waals surface area (Å²) in [5, 5.41) is 2.67. The number of nitrogens with zero attached hydrogens (tertiary/aromatic N) is 2. The van der Waals surface area contributed by atoms with Gasteiger partial charge in [0.25, 0.3) is 0 Å². The Morgan fingerprint density at radius 2 is 2.14 bits per heavy atom. The van der Waals surface area contributed by atoms with Crippen molar-refractivity contribution >= 4 is 41.4 Å². The van der Waals surface area contributed by atoms with Crippen molar-refractivity contribution in [2.45, 2.75) is 45.1 Å². The van der Waals surface area contributed by atoms with E-state index in [4.69, 9.17) is 9.15 Å². The number of amides is 2. The fraction of sp³-hybridized carbons (Fsp3) is 0.450. The number of aldehydes is 2. The van der Waals surface area contributed by atoms with Crippen molar-refractivity contribution in [2.75, 3.05) is 18.5 Å². The molecular formula is C20H23N3O6. The molecule has 1 unspecified atom stereocenters. The molecule has 0 radical (unpaired) electrons. The zero-order valence-electron chi connectivity index (χ0n) is 16.2. The van der Waals surface area contributed by atoms with Crippen molar-refractivity contribution in [1.82, 2.24) is 9.88 Å². The van der Waals surface area contributed by atoms with Crippen molar-refractivity contribution in [3.05, 3.63) is 23.6 Å². The number of ether oxygens (including phenoxy) is 1. The lowest BCUT2D eigenvalue weighted by Crippen LogP contribution is -2.35. The van der Waals surface area contributed by atoms with Gasteiger partial charge in [0.15, 0.2) is 23.9 Å². The fourth-order valence-corrected chi connectivity index (χ4v) is 3.46. The summed E-state index contributed by atoms with van der Waals surface area (Å²) in [4.78, 5) is 52.1. The van der Waals surface area contributed by atoms with E-state index < -0.39 is 0 Å². The van der Waals surface area contributed by atoms with Gasteiger partial charge < -0.3 is 19.4 Å². The van der Waals surface area contributed by atoms with Crippen LogP contribution in [0.25, 0.3) is 11.1 Å². The Hall–Kier alpha value is -3.23. The normalized spacial score (nSPS) is 14.7. The molecule has 9 heteroatoms. The van der Waals surface area contributed by atoms with E-state index >= 15 is 0 Å². The Labute approximate surface area is 167 Å². The minimum Gasteiger partial charge on any atom is -0.449 e. The van der Waals surface area contributed by atoms with Gasteiger partial charge in [0, 0.05) is 12.5 Å². The quantitative estimate of drug-likeness (QED) is 0.480. The smallest absolute Gasteiger partial charge is 0.410 e. The molecule has 3 heterocycles. The van der Waals surface area contributed by atoms with Crippen molar-refractivity contribution in [3.63, 3.8) is 0 Å². The molecular weight excluding hydrogens is 378 g/mol. The molecule has 3 rings (SSSR count). The van der Waals surface area contributed by atoms with Gasteiger partial charge in [0.1, 0.15) is 23.5 Å². The highest BCUT2D eigenvalue weighted by Gasteiger charge is 2.28. The lowest BCUT2D eigenvalue weighted by Gasteiger charge is -2.24. The van der Waals surface area contributed by atoms with Crippen molar-refractivity contribution in [2.24, 2.45) is 0 Å². The van der Waals surface area contributed by atoms with Gasteiger partial charge in [0.2, 0.25) is 5.91 Å². The summed E-state index contributed by atoms with van der Waals surface area (Å²) in [5.74, 6) is -0.315. The lowest BCUT2D eigenvalue weighted by atomic mass is 10.0. The minimum atomic E-state index is -0.275. The Kier molecular flexibility index (Phi) is 6.58. The summed E-state index contributed by atoms with van der Waals surface area (Å²) in [5.41, 5.74) is 0.937. The molecule has 2 aromatic rings. The molecule has 0 aliphatic carbocycles. The van der Waals surface area contributed by atoms with Crippen LogP contribution in [0.1, 0.15) is 60.1 Å². The third-order valence-electron chi connectivity index (χ3n) is 4.97. The Bertz CT molecular complexity index is 922. The van der Waals surface area contributed by atoms with Crippen molar-refractivity contribution in [3.8, 4) is 0 Å². The predicted molar refractivity (Wildman–Crippen MR) is 104 cm³/mol. The van der Waals surface area contributed by atoms with Crippen molar-refractivity contribution in [1.29, 1.82) is 0 Å². The highest BCUT2D eigenvalue weighted by molar-refractivity contribution is 6.05. The first-order valence-electron chi connectivity index (χ1n) is 9.64. The minimum absolute atomic E-state index is 0.0394. The summed E-state index contributed by atoms with van der Waals surface area (Å²) in [7, 11) is 0. The van der Waals surface area contributed by atoms with E-state index in [0.29, 0.717) is 37.7 Å².